The van der Waals surface area contributed by atoms with E-state index in [0.717, 1.165) is 11.4 Å². The molecule has 0 aliphatic rings. The van der Waals surface area contributed by atoms with Crippen molar-refractivity contribution in [2.75, 3.05) is 17.2 Å². The van der Waals surface area contributed by atoms with Crippen molar-refractivity contribution in [3.05, 3.63) is 70.8 Å². The summed E-state index contributed by atoms with van der Waals surface area (Å²) in [5.41, 5.74) is 2.52. The molecule has 3 aromatic rings. The van der Waals surface area contributed by atoms with Crippen LogP contribution in [0.1, 0.15) is 24.4 Å². The normalized spacial score (nSPS) is 11.6. The lowest BCUT2D eigenvalue weighted by molar-refractivity contribution is -0.119. The third-order valence-electron chi connectivity index (χ3n) is 4.50. The maximum atomic E-state index is 13.5. The summed E-state index contributed by atoms with van der Waals surface area (Å²) < 4.78 is 20.4. The Morgan fingerprint density at radius 2 is 1.90 bits per heavy atom. The highest BCUT2D eigenvalue weighted by molar-refractivity contribution is 6.34. The van der Waals surface area contributed by atoms with E-state index in [2.05, 4.69) is 15.7 Å². The van der Waals surface area contributed by atoms with Gasteiger partial charge in [0.05, 0.1) is 16.4 Å². The van der Waals surface area contributed by atoms with Gasteiger partial charge in [-0.3, -0.25) is 14.3 Å². The number of carbonyl (C=O) groups excluding carboxylic acids is 2. The van der Waals surface area contributed by atoms with Crippen LogP contribution in [0.25, 0.3) is 0 Å². The number of hydrogen-bond donors (Lipinski definition) is 2. The van der Waals surface area contributed by atoms with Gasteiger partial charge in [0.25, 0.3) is 5.91 Å². The summed E-state index contributed by atoms with van der Waals surface area (Å²) in [5, 5.41) is 9.96. The lowest BCUT2D eigenvalue weighted by Crippen LogP contribution is -2.25. The zero-order valence-electron chi connectivity index (χ0n) is 17.3. The number of aryl methyl sites for hydroxylation is 2. The van der Waals surface area contributed by atoms with Crippen LogP contribution in [-0.4, -0.2) is 28.2 Å². The van der Waals surface area contributed by atoms with Crippen LogP contribution in [0, 0.1) is 19.7 Å². The number of hydrogen-bond acceptors (Lipinski definition) is 4. The van der Waals surface area contributed by atoms with Gasteiger partial charge in [0, 0.05) is 11.4 Å². The molecule has 1 atom stereocenters. The summed E-state index contributed by atoms with van der Waals surface area (Å²) in [4.78, 5) is 24.7. The van der Waals surface area contributed by atoms with Gasteiger partial charge in [0.1, 0.15) is 6.04 Å². The molecule has 0 fully saturated rings. The summed E-state index contributed by atoms with van der Waals surface area (Å²) >= 11 is 6.27. The standard InChI is InChI=1S/C22H22ClFN4O3/c1-13-10-14(2)28(27-13)15(3)22(30)26-19-9-8-16(11-17(19)23)25-21(29)12-31-20-7-5-4-6-18(20)24/h4-11,15H,12H2,1-3H3,(H,25,29)(H,26,30)/t15-/m1/s1. The van der Waals surface area contributed by atoms with E-state index in [4.69, 9.17) is 16.3 Å². The van der Waals surface area contributed by atoms with Gasteiger partial charge in [-0.2, -0.15) is 5.10 Å². The number of nitrogens with zero attached hydrogens (tertiary/aromatic N) is 2. The number of ether oxygens (including phenoxy) is 1. The molecule has 0 saturated carbocycles. The minimum absolute atomic E-state index is 0.00882. The smallest absolute Gasteiger partial charge is 0.262 e. The average molecular weight is 445 g/mol. The average Bonchev–Trinajstić information content (AvgIpc) is 3.06. The Morgan fingerprint density at radius 3 is 2.55 bits per heavy atom. The molecular formula is C22H22ClFN4O3. The molecule has 0 unspecified atom stereocenters. The molecule has 1 aromatic heterocycles. The first kappa shape index (κ1) is 22.3. The number of carbonyl (C=O) groups is 2. The lowest BCUT2D eigenvalue weighted by Gasteiger charge is -2.16. The Morgan fingerprint density at radius 1 is 1.16 bits per heavy atom. The van der Waals surface area contributed by atoms with Crippen molar-refractivity contribution in [2.24, 2.45) is 0 Å². The molecule has 0 aliphatic heterocycles. The topological polar surface area (TPSA) is 85.2 Å². The van der Waals surface area contributed by atoms with Crippen molar-refractivity contribution in [1.29, 1.82) is 0 Å². The first-order valence-electron chi connectivity index (χ1n) is 9.55. The van der Waals surface area contributed by atoms with Gasteiger partial charge in [0.15, 0.2) is 18.2 Å². The Bertz CT molecular complexity index is 1120. The van der Waals surface area contributed by atoms with Crippen molar-refractivity contribution in [1.82, 2.24) is 9.78 Å². The van der Waals surface area contributed by atoms with Gasteiger partial charge < -0.3 is 15.4 Å². The second kappa shape index (κ2) is 9.61. The minimum Gasteiger partial charge on any atom is -0.481 e. The first-order valence-corrected chi connectivity index (χ1v) is 9.92. The fourth-order valence-corrected chi connectivity index (χ4v) is 3.21. The van der Waals surface area contributed by atoms with E-state index in [0.29, 0.717) is 11.4 Å². The van der Waals surface area contributed by atoms with Crippen molar-refractivity contribution in [3.63, 3.8) is 0 Å². The lowest BCUT2D eigenvalue weighted by atomic mass is 10.2. The summed E-state index contributed by atoms with van der Waals surface area (Å²) in [6.45, 7) is 5.12. The predicted octanol–water partition coefficient (Wildman–Crippen LogP) is 4.51. The van der Waals surface area contributed by atoms with Gasteiger partial charge in [0.2, 0.25) is 5.91 Å². The second-order valence-corrected chi connectivity index (χ2v) is 7.41. The molecule has 162 valence electrons. The number of halogens is 2. The van der Waals surface area contributed by atoms with E-state index in [-0.39, 0.29) is 23.3 Å². The molecule has 0 spiro atoms. The minimum atomic E-state index is -0.548. The second-order valence-electron chi connectivity index (χ2n) is 7.00. The number of nitrogens with one attached hydrogen (secondary N) is 2. The van der Waals surface area contributed by atoms with Gasteiger partial charge >= 0.3 is 0 Å². The third kappa shape index (κ3) is 5.61. The molecule has 7 nitrogen and oxygen atoms in total. The molecule has 0 bridgehead atoms. The number of rotatable bonds is 7. The van der Waals surface area contributed by atoms with E-state index in [1.54, 1.807) is 29.8 Å². The molecule has 2 aromatic carbocycles. The largest absolute Gasteiger partial charge is 0.481 e. The van der Waals surface area contributed by atoms with Crippen molar-refractivity contribution < 1.29 is 18.7 Å². The molecule has 31 heavy (non-hydrogen) atoms. The van der Waals surface area contributed by atoms with Crippen LogP contribution in [0.4, 0.5) is 15.8 Å². The highest BCUT2D eigenvalue weighted by Gasteiger charge is 2.19. The van der Waals surface area contributed by atoms with E-state index in [1.165, 1.54) is 24.3 Å². The predicted molar refractivity (Wildman–Crippen MR) is 117 cm³/mol. The maximum absolute atomic E-state index is 13.5. The molecule has 0 saturated heterocycles. The first-order chi connectivity index (χ1) is 14.7. The van der Waals surface area contributed by atoms with E-state index < -0.39 is 17.8 Å². The van der Waals surface area contributed by atoms with E-state index >= 15 is 0 Å². The van der Waals surface area contributed by atoms with Crippen LogP contribution < -0.4 is 15.4 Å². The van der Waals surface area contributed by atoms with Gasteiger partial charge in [-0.1, -0.05) is 23.7 Å². The van der Waals surface area contributed by atoms with Crippen LogP contribution in [0.5, 0.6) is 5.75 Å². The van der Waals surface area contributed by atoms with Crippen LogP contribution in [0.2, 0.25) is 5.02 Å². The van der Waals surface area contributed by atoms with E-state index in [1.807, 2.05) is 19.9 Å². The molecule has 1 heterocycles. The van der Waals surface area contributed by atoms with Crippen LogP contribution in [0.3, 0.4) is 0 Å². The Hall–Kier alpha value is -3.39. The molecule has 3 rings (SSSR count). The maximum Gasteiger partial charge on any atom is 0.262 e. The number of para-hydroxylation sites is 1. The number of aromatic nitrogens is 2. The van der Waals surface area contributed by atoms with Crippen molar-refractivity contribution in [2.45, 2.75) is 26.8 Å². The summed E-state index contributed by atoms with van der Waals surface area (Å²) in [7, 11) is 0. The zero-order chi connectivity index (χ0) is 22.5. The van der Waals surface area contributed by atoms with Gasteiger partial charge in [-0.05, 0) is 57.2 Å². The molecule has 0 aliphatic carbocycles. The SMILES string of the molecule is Cc1cc(C)n([C@H](C)C(=O)Nc2ccc(NC(=O)COc3ccccc3F)cc2Cl)n1. The van der Waals surface area contributed by atoms with Crippen LogP contribution >= 0.6 is 11.6 Å². The molecule has 2 amide bonds. The molecule has 9 heteroatoms. The summed E-state index contributed by atoms with van der Waals surface area (Å²) in [6, 6.07) is 11.9. The number of anilines is 2. The monoisotopic (exact) mass is 444 g/mol. The van der Waals surface area contributed by atoms with Crippen LogP contribution in [-0.2, 0) is 9.59 Å². The van der Waals surface area contributed by atoms with Crippen LogP contribution in [0.15, 0.2) is 48.5 Å². The van der Waals surface area contributed by atoms with Crippen molar-refractivity contribution in [3.8, 4) is 5.75 Å². The summed E-state index contributed by atoms with van der Waals surface area (Å²) in [6.07, 6.45) is 0. The Kier molecular flexibility index (Phi) is 6.91. The quantitative estimate of drug-likeness (QED) is 0.561. The molecule has 2 N–H and O–H groups in total. The fraction of sp³-hybridized carbons (Fsp3) is 0.227. The Labute approximate surface area is 184 Å². The third-order valence-corrected chi connectivity index (χ3v) is 4.81. The van der Waals surface area contributed by atoms with Crippen molar-refractivity contribution >= 4 is 34.8 Å². The molecule has 0 radical (unpaired) electrons. The number of amides is 2. The fourth-order valence-electron chi connectivity index (χ4n) is 2.98. The molecular weight excluding hydrogens is 423 g/mol. The van der Waals surface area contributed by atoms with E-state index in [9.17, 15) is 14.0 Å². The van der Waals surface area contributed by atoms with Gasteiger partial charge in [-0.15, -0.1) is 0 Å². The Balaban J connectivity index is 1.59. The highest BCUT2D eigenvalue weighted by Crippen LogP contribution is 2.26. The highest BCUT2D eigenvalue weighted by atomic mass is 35.5. The van der Waals surface area contributed by atoms with Gasteiger partial charge in [-0.25, -0.2) is 4.39 Å². The zero-order valence-corrected chi connectivity index (χ0v) is 18.0. The summed E-state index contributed by atoms with van der Waals surface area (Å²) in [5.74, 6) is -1.31. The number of benzene rings is 2.